The van der Waals surface area contributed by atoms with Crippen LogP contribution >= 0.6 is 0 Å². The predicted octanol–water partition coefficient (Wildman–Crippen LogP) is 4.49. The quantitative estimate of drug-likeness (QED) is 0.478. The summed E-state index contributed by atoms with van der Waals surface area (Å²) >= 11 is 0. The summed E-state index contributed by atoms with van der Waals surface area (Å²) in [5, 5.41) is 3.68. The van der Waals surface area contributed by atoms with E-state index in [0.717, 1.165) is 22.0 Å². The average Bonchev–Trinajstić information content (AvgIpc) is 3.27. The van der Waals surface area contributed by atoms with Gasteiger partial charge in [-0.3, -0.25) is 9.59 Å². The molecule has 34 heavy (non-hydrogen) atoms. The number of anilines is 1. The molecule has 6 nitrogen and oxygen atoms in total. The number of aromatic nitrogens is 1. The van der Waals surface area contributed by atoms with Gasteiger partial charge < -0.3 is 15.2 Å². The monoisotopic (exact) mass is 454 g/mol. The van der Waals surface area contributed by atoms with Crippen molar-refractivity contribution < 1.29 is 14.0 Å². The van der Waals surface area contributed by atoms with Crippen LogP contribution in [0.1, 0.15) is 32.7 Å². The largest absolute Gasteiger partial charge is 0.350 e. The SMILES string of the molecule is Cc1ccc(C)c2[nH]c(C(=O)NC3N=C(c4ccccc4F)c4ccccc4N(C)C3=O)cc12. The molecule has 1 aromatic heterocycles. The summed E-state index contributed by atoms with van der Waals surface area (Å²) in [5.41, 5.74) is 5.01. The molecule has 2 amide bonds. The normalized spacial score (nSPS) is 15.6. The molecule has 7 heteroatoms. The molecule has 5 rings (SSSR count). The highest BCUT2D eigenvalue weighted by Crippen LogP contribution is 2.28. The Morgan fingerprint density at radius 1 is 1.00 bits per heavy atom. The van der Waals surface area contributed by atoms with E-state index in [4.69, 9.17) is 0 Å². The molecule has 0 bridgehead atoms. The number of H-pyrrole nitrogens is 1. The van der Waals surface area contributed by atoms with Crippen molar-refractivity contribution in [2.45, 2.75) is 20.0 Å². The predicted molar refractivity (Wildman–Crippen MR) is 131 cm³/mol. The van der Waals surface area contributed by atoms with Crippen molar-refractivity contribution in [1.82, 2.24) is 10.3 Å². The van der Waals surface area contributed by atoms with E-state index in [1.165, 1.54) is 11.0 Å². The van der Waals surface area contributed by atoms with Crippen LogP contribution in [0.15, 0.2) is 71.7 Å². The molecule has 0 radical (unpaired) electrons. The van der Waals surface area contributed by atoms with Gasteiger partial charge in [-0.25, -0.2) is 9.38 Å². The maximum Gasteiger partial charge on any atom is 0.272 e. The molecule has 0 aliphatic carbocycles. The highest BCUT2D eigenvalue weighted by atomic mass is 19.1. The Kier molecular flexibility index (Phi) is 5.24. The summed E-state index contributed by atoms with van der Waals surface area (Å²) in [6.07, 6.45) is -1.23. The third kappa shape index (κ3) is 3.55. The van der Waals surface area contributed by atoms with Gasteiger partial charge in [0.05, 0.1) is 11.4 Å². The molecule has 1 atom stereocenters. The van der Waals surface area contributed by atoms with Crippen LogP contribution in [0.3, 0.4) is 0 Å². The van der Waals surface area contributed by atoms with Crippen LogP contribution in [0.2, 0.25) is 0 Å². The Hall–Kier alpha value is -4.26. The number of benzodiazepines with no additional fused rings is 1. The van der Waals surface area contributed by atoms with Crippen LogP contribution in [-0.4, -0.2) is 35.7 Å². The summed E-state index contributed by atoms with van der Waals surface area (Å²) < 4.78 is 14.8. The van der Waals surface area contributed by atoms with Gasteiger partial charge in [0.2, 0.25) is 6.17 Å². The molecular formula is C27H23FN4O2. The van der Waals surface area contributed by atoms with Crippen LogP contribution in [0.4, 0.5) is 10.1 Å². The number of aliphatic imine (C=N–C) groups is 1. The molecule has 4 aromatic rings. The number of hydrogen-bond acceptors (Lipinski definition) is 3. The number of carbonyl (C=O) groups is 2. The van der Waals surface area contributed by atoms with E-state index in [0.29, 0.717) is 22.7 Å². The van der Waals surface area contributed by atoms with Crippen molar-refractivity contribution >= 4 is 34.1 Å². The molecule has 0 fully saturated rings. The Labute approximate surface area is 196 Å². The van der Waals surface area contributed by atoms with Crippen molar-refractivity contribution in [2.24, 2.45) is 4.99 Å². The fourth-order valence-corrected chi connectivity index (χ4v) is 4.31. The topological polar surface area (TPSA) is 77.6 Å². The number of hydrogen-bond donors (Lipinski definition) is 2. The first-order valence-electron chi connectivity index (χ1n) is 10.9. The summed E-state index contributed by atoms with van der Waals surface area (Å²) in [4.78, 5) is 35.7. The lowest BCUT2D eigenvalue weighted by Gasteiger charge is -2.20. The van der Waals surface area contributed by atoms with Crippen molar-refractivity contribution in [2.75, 3.05) is 11.9 Å². The van der Waals surface area contributed by atoms with E-state index in [1.807, 2.05) is 32.0 Å². The van der Waals surface area contributed by atoms with E-state index >= 15 is 0 Å². The fraction of sp³-hybridized carbons (Fsp3) is 0.148. The lowest BCUT2D eigenvalue weighted by Crippen LogP contribution is -2.46. The van der Waals surface area contributed by atoms with Gasteiger partial charge >= 0.3 is 0 Å². The number of aromatic amines is 1. The van der Waals surface area contributed by atoms with Crippen LogP contribution in [0.25, 0.3) is 10.9 Å². The molecule has 0 saturated carbocycles. The molecule has 3 aromatic carbocycles. The maximum atomic E-state index is 14.8. The van der Waals surface area contributed by atoms with Crippen LogP contribution < -0.4 is 10.2 Å². The number of halogens is 1. The number of benzene rings is 3. The minimum Gasteiger partial charge on any atom is -0.350 e. The van der Waals surface area contributed by atoms with Crippen LogP contribution in [0, 0.1) is 19.7 Å². The number of nitrogens with zero attached hydrogens (tertiary/aromatic N) is 2. The fourth-order valence-electron chi connectivity index (χ4n) is 4.31. The summed E-state index contributed by atoms with van der Waals surface area (Å²) in [6, 6.07) is 19.2. The second-order valence-electron chi connectivity index (χ2n) is 8.42. The van der Waals surface area contributed by atoms with Gasteiger partial charge in [0, 0.05) is 29.1 Å². The van der Waals surface area contributed by atoms with Gasteiger partial charge in [0.25, 0.3) is 11.8 Å². The molecule has 0 spiro atoms. The number of nitrogens with one attached hydrogen (secondary N) is 2. The highest BCUT2D eigenvalue weighted by molar-refractivity contribution is 6.20. The lowest BCUT2D eigenvalue weighted by molar-refractivity contribution is -0.119. The maximum absolute atomic E-state index is 14.8. The zero-order valence-electron chi connectivity index (χ0n) is 19.0. The number of likely N-dealkylation sites (N-methyl/N-ethyl adjacent to an activating group) is 1. The molecule has 2 N–H and O–H groups in total. The van der Waals surface area contributed by atoms with Gasteiger partial charge in [-0.2, -0.15) is 0 Å². The van der Waals surface area contributed by atoms with Crippen LogP contribution in [-0.2, 0) is 4.79 Å². The Bertz CT molecular complexity index is 1450. The van der Waals surface area contributed by atoms with Gasteiger partial charge in [-0.15, -0.1) is 0 Å². The molecule has 170 valence electrons. The first-order chi connectivity index (χ1) is 16.3. The molecule has 2 heterocycles. The van der Waals surface area contributed by atoms with E-state index < -0.39 is 23.8 Å². The van der Waals surface area contributed by atoms with Gasteiger partial charge in [0.15, 0.2) is 0 Å². The first-order valence-corrected chi connectivity index (χ1v) is 10.9. The molecule has 1 aliphatic rings. The van der Waals surface area contributed by atoms with Crippen molar-refractivity contribution in [3.8, 4) is 0 Å². The third-order valence-corrected chi connectivity index (χ3v) is 6.20. The molecule has 1 unspecified atom stereocenters. The number of rotatable bonds is 3. The van der Waals surface area contributed by atoms with Gasteiger partial charge in [-0.1, -0.05) is 42.5 Å². The number of amides is 2. The van der Waals surface area contributed by atoms with E-state index in [9.17, 15) is 14.0 Å². The van der Waals surface area contributed by atoms with Crippen molar-refractivity contribution in [1.29, 1.82) is 0 Å². The minimum atomic E-state index is -1.23. The smallest absolute Gasteiger partial charge is 0.272 e. The zero-order valence-corrected chi connectivity index (χ0v) is 19.0. The van der Waals surface area contributed by atoms with Crippen molar-refractivity contribution in [3.63, 3.8) is 0 Å². The van der Waals surface area contributed by atoms with E-state index in [2.05, 4.69) is 15.3 Å². The Morgan fingerprint density at radius 3 is 2.41 bits per heavy atom. The minimum absolute atomic E-state index is 0.258. The average molecular weight is 455 g/mol. The Balaban J connectivity index is 1.58. The summed E-state index contributed by atoms with van der Waals surface area (Å²) in [6.45, 7) is 3.94. The first kappa shape index (κ1) is 21.6. The van der Waals surface area contributed by atoms with Crippen LogP contribution in [0.5, 0.6) is 0 Å². The van der Waals surface area contributed by atoms with E-state index in [1.54, 1.807) is 49.5 Å². The molecular weight excluding hydrogens is 431 g/mol. The third-order valence-electron chi connectivity index (χ3n) is 6.20. The molecule has 1 aliphatic heterocycles. The van der Waals surface area contributed by atoms with E-state index in [-0.39, 0.29) is 5.56 Å². The van der Waals surface area contributed by atoms with Gasteiger partial charge in [0.1, 0.15) is 11.5 Å². The number of para-hydroxylation sites is 1. The standard InChI is InChI=1S/C27H23FN4O2/c1-15-12-13-16(2)23-19(15)14-21(29-23)26(33)31-25-27(34)32(3)22-11-7-5-9-18(22)24(30-25)17-8-4-6-10-20(17)28/h4-14,25,29H,1-3H3,(H,31,33). The summed E-state index contributed by atoms with van der Waals surface area (Å²) in [5.74, 6) is -1.35. The zero-order chi connectivity index (χ0) is 24.0. The van der Waals surface area contributed by atoms with Crippen molar-refractivity contribution in [3.05, 3.63) is 100 Å². The second kappa shape index (κ2) is 8.26. The van der Waals surface area contributed by atoms with Gasteiger partial charge in [-0.05, 0) is 49.2 Å². The number of fused-ring (bicyclic) bond motifs is 2. The second-order valence-corrected chi connectivity index (χ2v) is 8.42. The molecule has 0 saturated heterocycles. The number of carbonyl (C=O) groups excluding carboxylic acids is 2. The lowest BCUT2D eigenvalue weighted by atomic mass is 10.00. The Morgan fingerprint density at radius 2 is 1.68 bits per heavy atom. The number of aryl methyl sites for hydroxylation is 2. The highest BCUT2D eigenvalue weighted by Gasteiger charge is 2.32. The summed E-state index contributed by atoms with van der Waals surface area (Å²) in [7, 11) is 1.62.